The molecule has 0 bridgehead atoms. The lowest BCUT2D eigenvalue weighted by atomic mass is 9.92. The van der Waals surface area contributed by atoms with Crippen molar-refractivity contribution in [1.29, 1.82) is 0 Å². The average molecular weight is 262 g/mol. The maximum atomic E-state index is 9.52. The maximum absolute atomic E-state index is 9.52. The SMILES string of the molecule is CCCNC(C)(CO)c1cc(Cl)ccc1Cl. The third-order valence-corrected chi connectivity index (χ3v) is 3.17. The Balaban J connectivity index is 3.06. The maximum Gasteiger partial charge on any atom is 0.0655 e. The topological polar surface area (TPSA) is 32.3 Å². The Hall–Kier alpha value is -0.280. The van der Waals surface area contributed by atoms with Crippen molar-refractivity contribution in [3.63, 3.8) is 0 Å². The van der Waals surface area contributed by atoms with Crippen molar-refractivity contribution in [2.24, 2.45) is 0 Å². The Morgan fingerprint density at radius 2 is 2.06 bits per heavy atom. The summed E-state index contributed by atoms with van der Waals surface area (Å²) in [5, 5.41) is 14.0. The first kappa shape index (κ1) is 13.8. The zero-order valence-electron chi connectivity index (χ0n) is 9.56. The number of hydrogen-bond acceptors (Lipinski definition) is 2. The van der Waals surface area contributed by atoms with Crippen molar-refractivity contribution in [3.05, 3.63) is 33.8 Å². The molecule has 90 valence electrons. The van der Waals surface area contributed by atoms with E-state index >= 15 is 0 Å². The van der Waals surface area contributed by atoms with Gasteiger partial charge in [0.1, 0.15) is 0 Å². The average Bonchev–Trinajstić information content (AvgIpc) is 2.29. The Kier molecular flexibility index (Phi) is 5.06. The van der Waals surface area contributed by atoms with Crippen molar-refractivity contribution in [2.75, 3.05) is 13.2 Å². The van der Waals surface area contributed by atoms with Gasteiger partial charge in [-0.25, -0.2) is 0 Å². The van der Waals surface area contributed by atoms with Crippen molar-refractivity contribution < 1.29 is 5.11 Å². The molecule has 1 aromatic rings. The fourth-order valence-corrected chi connectivity index (χ4v) is 2.06. The fraction of sp³-hybridized carbons (Fsp3) is 0.500. The van der Waals surface area contributed by atoms with E-state index in [1.54, 1.807) is 18.2 Å². The predicted molar refractivity (Wildman–Crippen MR) is 69.2 cm³/mol. The van der Waals surface area contributed by atoms with Crippen LogP contribution >= 0.6 is 23.2 Å². The number of rotatable bonds is 5. The number of benzene rings is 1. The Labute approximate surface area is 107 Å². The van der Waals surface area contributed by atoms with Gasteiger partial charge < -0.3 is 10.4 Å². The van der Waals surface area contributed by atoms with Gasteiger partial charge in [0.2, 0.25) is 0 Å². The molecule has 0 aliphatic heterocycles. The number of nitrogens with one attached hydrogen (secondary N) is 1. The molecular weight excluding hydrogens is 245 g/mol. The van der Waals surface area contributed by atoms with E-state index in [0.29, 0.717) is 10.0 Å². The van der Waals surface area contributed by atoms with Crippen LogP contribution in [-0.2, 0) is 5.54 Å². The second kappa shape index (κ2) is 5.87. The van der Waals surface area contributed by atoms with Crippen molar-refractivity contribution in [2.45, 2.75) is 25.8 Å². The molecule has 0 radical (unpaired) electrons. The Morgan fingerprint density at radius 3 is 2.62 bits per heavy atom. The highest BCUT2D eigenvalue weighted by Crippen LogP contribution is 2.30. The summed E-state index contributed by atoms with van der Waals surface area (Å²) in [5.74, 6) is 0. The highest BCUT2D eigenvalue weighted by atomic mass is 35.5. The van der Waals surface area contributed by atoms with E-state index in [2.05, 4.69) is 12.2 Å². The fourth-order valence-electron chi connectivity index (χ4n) is 1.56. The molecule has 0 aliphatic carbocycles. The van der Waals surface area contributed by atoms with Crippen LogP contribution in [0.1, 0.15) is 25.8 Å². The standard InChI is InChI=1S/C12H17Cl2NO/c1-3-6-15-12(2,8-16)10-7-9(13)4-5-11(10)14/h4-5,7,15-16H,3,6,8H2,1-2H3. The minimum atomic E-state index is -0.544. The first-order valence-electron chi connectivity index (χ1n) is 5.35. The Bertz CT molecular complexity index is 357. The van der Waals surface area contributed by atoms with E-state index in [9.17, 15) is 5.11 Å². The predicted octanol–water partition coefficient (Wildman–Crippen LogP) is 3.20. The molecule has 2 N–H and O–H groups in total. The summed E-state index contributed by atoms with van der Waals surface area (Å²) in [6, 6.07) is 5.29. The van der Waals surface area contributed by atoms with E-state index in [-0.39, 0.29) is 6.61 Å². The first-order valence-corrected chi connectivity index (χ1v) is 6.10. The van der Waals surface area contributed by atoms with E-state index in [1.165, 1.54) is 0 Å². The summed E-state index contributed by atoms with van der Waals surface area (Å²) < 4.78 is 0. The minimum Gasteiger partial charge on any atom is -0.394 e. The molecule has 0 saturated heterocycles. The summed E-state index contributed by atoms with van der Waals surface area (Å²) >= 11 is 12.1. The lowest BCUT2D eigenvalue weighted by Gasteiger charge is -2.30. The van der Waals surface area contributed by atoms with Crippen LogP contribution in [0.5, 0.6) is 0 Å². The molecule has 4 heteroatoms. The lowest BCUT2D eigenvalue weighted by Crippen LogP contribution is -2.43. The van der Waals surface area contributed by atoms with Crippen molar-refractivity contribution in [3.8, 4) is 0 Å². The normalized spacial score (nSPS) is 14.8. The van der Waals surface area contributed by atoms with Crippen LogP contribution in [0.3, 0.4) is 0 Å². The molecule has 0 heterocycles. The molecule has 0 aromatic heterocycles. The van der Waals surface area contributed by atoms with E-state index < -0.39 is 5.54 Å². The third kappa shape index (κ3) is 3.11. The molecule has 1 rings (SSSR count). The van der Waals surface area contributed by atoms with Gasteiger partial charge in [-0.2, -0.15) is 0 Å². The van der Waals surface area contributed by atoms with Gasteiger partial charge >= 0.3 is 0 Å². The summed E-state index contributed by atoms with van der Waals surface area (Å²) in [7, 11) is 0. The second-order valence-electron chi connectivity index (χ2n) is 4.04. The van der Waals surface area contributed by atoms with E-state index in [1.807, 2.05) is 6.92 Å². The van der Waals surface area contributed by atoms with Crippen molar-refractivity contribution >= 4 is 23.2 Å². The van der Waals surface area contributed by atoms with Gasteiger partial charge in [0.25, 0.3) is 0 Å². The molecule has 0 fully saturated rings. The van der Waals surface area contributed by atoms with Crippen LogP contribution in [0.4, 0.5) is 0 Å². The monoisotopic (exact) mass is 261 g/mol. The van der Waals surface area contributed by atoms with Gasteiger partial charge in [0.05, 0.1) is 12.1 Å². The molecule has 0 amide bonds. The van der Waals surface area contributed by atoms with Crippen LogP contribution in [0.15, 0.2) is 18.2 Å². The summed E-state index contributed by atoms with van der Waals surface area (Å²) in [4.78, 5) is 0. The van der Waals surface area contributed by atoms with Crippen LogP contribution in [-0.4, -0.2) is 18.3 Å². The summed E-state index contributed by atoms with van der Waals surface area (Å²) in [6.07, 6.45) is 0.994. The zero-order chi connectivity index (χ0) is 12.2. The van der Waals surface area contributed by atoms with Gasteiger partial charge in [-0.05, 0) is 43.7 Å². The minimum absolute atomic E-state index is 0.0208. The largest absolute Gasteiger partial charge is 0.394 e. The first-order chi connectivity index (χ1) is 7.53. The highest BCUT2D eigenvalue weighted by molar-refractivity contribution is 6.33. The van der Waals surface area contributed by atoms with Crippen LogP contribution in [0, 0.1) is 0 Å². The molecule has 1 unspecified atom stereocenters. The number of aliphatic hydroxyl groups is 1. The smallest absolute Gasteiger partial charge is 0.0655 e. The van der Waals surface area contributed by atoms with Crippen molar-refractivity contribution in [1.82, 2.24) is 5.32 Å². The molecule has 2 nitrogen and oxygen atoms in total. The number of aliphatic hydroxyl groups excluding tert-OH is 1. The molecule has 0 saturated carbocycles. The van der Waals surface area contributed by atoms with Crippen LogP contribution in [0.2, 0.25) is 10.0 Å². The van der Waals surface area contributed by atoms with Gasteiger partial charge in [-0.15, -0.1) is 0 Å². The summed E-state index contributed by atoms with van der Waals surface area (Å²) in [6.45, 7) is 4.79. The number of halogens is 2. The highest BCUT2D eigenvalue weighted by Gasteiger charge is 2.27. The second-order valence-corrected chi connectivity index (χ2v) is 4.88. The van der Waals surface area contributed by atoms with Gasteiger partial charge in [-0.3, -0.25) is 0 Å². The molecular formula is C12H17Cl2NO. The molecule has 16 heavy (non-hydrogen) atoms. The van der Waals surface area contributed by atoms with Gasteiger partial charge in [0, 0.05) is 10.0 Å². The molecule has 1 atom stereocenters. The quantitative estimate of drug-likeness (QED) is 0.854. The van der Waals surface area contributed by atoms with Gasteiger partial charge in [-0.1, -0.05) is 30.1 Å². The lowest BCUT2D eigenvalue weighted by molar-refractivity contribution is 0.175. The Morgan fingerprint density at radius 1 is 1.38 bits per heavy atom. The molecule has 0 spiro atoms. The third-order valence-electron chi connectivity index (χ3n) is 2.60. The van der Waals surface area contributed by atoms with E-state index in [4.69, 9.17) is 23.2 Å². The molecule has 0 aliphatic rings. The number of hydrogen-bond donors (Lipinski definition) is 2. The van der Waals surface area contributed by atoms with Gasteiger partial charge in [0.15, 0.2) is 0 Å². The summed E-state index contributed by atoms with van der Waals surface area (Å²) in [5.41, 5.74) is 0.287. The zero-order valence-corrected chi connectivity index (χ0v) is 11.1. The van der Waals surface area contributed by atoms with E-state index in [0.717, 1.165) is 18.5 Å². The molecule has 1 aromatic carbocycles. The van der Waals surface area contributed by atoms with Crippen LogP contribution < -0.4 is 5.32 Å². The van der Waals surface area contributed by atoms with Crippen LogP contribution in [0.25, 0.3) is 0 Å².